The normalized spacial score (nSPS) is 10.5. The van der Waals surface area contributed by atoms with Crippen LogP contribution in [0.2, 0.25) is 0 Å². The summed E-state index contributed by atoms with van der Waals surface area (Å²) in [6.07, 6.45) is 1.61. The average molecular weight is 444 g/mol. The molecule has 0 aliphatic heterocycles. The van der Waals surface area contributed by atoms with Gasteiger partial charge in [0.25, 0.3) is 11.6 Å². The zero-order valence-corrected chi connectivity index (χ0v) is 17.9. The highest BCUT2D eigenvalue weighted by Gasteiger charge is 2.22. The second-order valence-electron chi connectivity index (χ2n) is 7.00. The van der Waals surface area contributed by atoms with Gasteiger partial charge in [0, 0.05) is 29.6 Å². The highest BCUT2D eigenvalue weighted by Crippen LogP contribution is 2.35. The first-order chi connectivity index (χ1) is 16.0. The number of nitro groups is 1. The molecule has 0 aliphatic carbocycles. The molecule has 0 fully saturated rings. The number of carbonyl (C=O) groups excluding carboxylic acids is 1. The Morgan fingerprint density at radius 3 is 2.48 bits per heavy atom. The van der Waals surface area contributed by atoms with Gasteiger partial charge in [-0.1, -0.05) is 24.3 Å². The van der Waals surface area contributed by atoms with Crippen molar-refractivity contribution in [3.8, 4) is 28.4 Å². The molecule has 1 heterocycles. The molecule has 1 N–H and O–H groups in total. The fraction of sp³-hybridized carbons (Fsp3) is 0.0833. The van der Waals surface area contributed by atoms with Crippen molar-refractivity contribution in [2.24, 2.45) is 0 Å². The third kappa shape index (κ3) is 4.52. The Kier molecular flexibility index (Phi) is 6.03. The van der Waals surface area contributed by atoms with Crippen molar-refractivity contribution in [2.75, 3.05) is 19.5 Å². The maximum absolute atomic E-state index is 13.3. The summed E-state index contributed by atoms with van der Waals surface area (Å²) >= 11 is 0. The summed E-state index contributed by atoms with van der Waals surface area (Å²) in [7, 11) is 3.08. The van der Waals surface area contributed by atoms with Gasteiger partial charge >= 0.3 is 0 Å². The third-order valence-electron chi connectivity index (χ3n) is 4.96. The molecule has 3 aromatic carbocycles. The molecule has 0 bridgehead atoms. The van der Waals surface area contributed by atoms with E-state index >= 15 is 0 Å². The van der Waals surface area contributed by atoms with Gasteiger partial charge in [0.1, 0.15) is 17.2 Å². The number of nitrogens with zero attached hydrogens (tertiary/aromatic N) is 3. The number of carbonyl (C=O) groups is 1. The number of methoxy groups -OCH3 is 2. The first-order valence-electron chi connectivity index (χ1n) is 9.93. The molecule has 33 heavy (non-hydrogen) atoms. The van der Waals surface area contributed by atoms with Crippen LogP contribution in [0, 0.1) is 10.1 Å². The van der Waals surface area contributed by atoms with Crippen LogP contribution in [0.4, 0.5) is 11.4 Å². The van der Waals surface area contributed by atoms with Gasteiger partial charge in [-0.25, -0.2) is 4.68 Å². The van der Waals surface area contributed by atoms with E-state index in [2.05, 4.69) is 10.4 Å². The standard InChI is InChI=1S/C24H20N4O5/c1-32-19-11-12-22(33-2)20(14-19)23-21(15-27(26-23)17-8-4-3-5-9-17)24(29)25-16-7-6-10-18(13-16)28(30)31/h3-15H,1-2H3,(H,25,29). The zero-order valence-electron chi connectivity index (χ0n) is 17.9. The number of aromatic nitrogens is 2. The quantitative estimate of drug-likeness (QED) is 0.326. The van der Waals surface area contributed by atoms with Gasteiger partial charge in [-0.15, -0.1) is 0 Å². The highest BCUT2D eigenvalue weighted by atomic mass is 16.6. The van der Waals surface area contributed by atoms with Gasteiger partial charge in [0.05, 0.1) is 30.4 Å². The lowest BCUT2D eigenvalue weighted by molar-refractivity contribution is -0.384. The van der Waals surface area contributed by atoms with Crippen molar-refractivity contribution in [1.29, 1.82) is 0 Å². The molecule has 0 spiro atoms. The first-order valence-corrected chi connectivity index (χ1v) is 9.93. The minimum atomic E-state index is -0.518. The van der Waals surface area contributed by atoms with Gasteiger partial charge in [0.2, 0.25) is 0 Å². The van der Waals surface area contributed by atoms with Crippen molar-refractivity contribution in [1.82, 2.24) is 9.78 Å². The highest BCUT2D eigenvalue weighted by molar-refractivity contribution is 6.08. The maximum Gasteiger partial charge on any atom is 0.271 e. The van der Waals surface area contributed by atoms with Crippen LogP contribution in [0.15, 0.2) is 79.0 Å². The number of benzene rings is 3. The second kappa shape index (κ2) is 9.23. The van der Waals surface area contributed by atoms with E-state index < -0.39 is 10.8 Å². The predicted molar refractivity (Wildman–Crippen MR) is 123 cm³/mol. The maximum atomic E-state index is 13.3. The van der Waals surface area contributed by atoms with Crippen molar-refractivity contribution in [3.05, 3.63) is 94.7 Å². The van der Waals surface area contributed by atoms with Crippen molar-refractivity contribution >= 4 is 17.3 Å². The largest absolute Gasteiger partial charge is 0.497 e. The van der Waals surface area contributed by atoms with E-state index in [9.17, 15) is 14.9 Å². The van der Waals surface area contributed by atoms with E-state index in [-0.39, 0.29) is 11.3 Å². The zero-order chi connectivity index (χ0) is 23.4. The Labute approximate surface area is 189 Å². The lowest BCUT2D eigenvalue weighted by Crippen LogP contribution is -2.12. The Bertz CT molecular complexity index is 1320. The van der Waals surface area contributed by atoms with Gasteiger partial charge in [0.15, 0.2) is 0 Å². The Morgan fingerprint density at radius 1 is 1.00 bits per heavy atom. The fourth-order valence-electron chi connectivity index (χ4n) is 3.35. The summed E-state index contributed by atoms with van der Waals surface area (Å²) in [5.74, 6) is 0.612. The van der Waals surface area contributed by atoms with Gasteiger partial charge in [-0.2, -0.15) is 5.10 Å². The summed E-state index contributed by atoms with van der Waals surface area (Å²) in [5.41, 5.74) is 2.13. The molecule has 0 unspecified atom stereocenters. The molecule has 0 saturated carbocycles. The molecule has 0 aliphatic rings. The summed E-state index contributed by atoms with van der Waals surface area (Å²) < 4.78 is 12.4. The van der Waals surface area contributed by atoms with Crippen LogP contribution in [0.1, 0.15) is 10.4 Å². The number of ether oxygens (including phenoxy) is 2. The van der Waals surface area contributed by atoms with Crippen LogP contribution in [0.5, 0.6) is 11.5 Å². The molecule has 4 aromatic rings. The van der Waals surface area contributed by atoms with E-state index in [1.165, 1.54) is 25.3 Å². The summed E-state index contributed by atoms with van der Waals surface area (Å²) in [4.78, 5) is 23.9. The summed E-state index contributed by atoms with van der Waals surface area (Å²) in [5, 5.41) is 18.5. The van der Waals surface area contributed by atoms with Crippen molar-refractivity contribution in [2.45, 2.75) is 0 Å². The third-order valence-corrected chi connectivity index (χ3v) is 4.96. The van der Waals surface area contributed by atoms with Crippen LogP contribution in [0.25, 0.3) is 16.9 Å². The summed E-state index contributed by atoms with van der Waals surface area (Å²) in [6, 6.07) is 20.3. The number of amides is 1. The number of rotatable bonds is 7. The van der Waals surface area contributed by atoms with E-state index in [0.29, 0.717) is 28.4 Å². The number of nitro benzene ring substituents is 1. The van der Waals surface area contributed by atoms with Crippen molar-refractivity contribution in [3.63, 3.8) is 0 Å². The molecule has 0 atom stereocenters. The Hall–Kier alpha value is -4.66. The van der Waals surface area contributed by atoms with Crippen LogP contribution < -0.4 is 14.8 Å². The fourth-order valence-corrected chi connectivity index (χ4v) is 3.35. The molecular formula is C24H20N4O5. The van der Waals surface area contributed by atoms with Crippen LogP contribution in [0.3, 0.4) is 0 Å². The SMILES string of the molecule is COc1ccc(OC)c(-c2nn(-c3ccccc3)cc2C(=O)Nc2cccc([N+](=O)[O-])c2)c1. The first kappa shape index (κ1) is 21.6. The number of hydrogen-bond donors (Lipinski definition) is 1. The molecule has 9 nitrogen and oxygen atoms in total. The van der Waals surface area contributed by atoms with Crippen molar-refractivity contribution < 1.29 is 19.2 Å². The Morgan fingerprint density at radius 2 is 1.79 bits per heavy atom. The number of nitrogens with one attached hydrogen (secondary N) is 1. The van der Waals surface area contributed by atoms with E-state index in [4.69, 9.17) is 9.47 Å². The van der Waals surface area contributed by atoms with Gasteiger partial charge < -0.3 is 14.8 Å². The minimum Gasteiger partial charge on any atom is -0.497 e. The number of anilines is 1. The predicted octanol–water partition coefficient (Wildman–Crippen LogP) is 4.72. The van der Waals surface area contributed by atoms with Crippen LogP contribution in [-0.2, 0) is 0 Å². The van der Waals surface area contributed by atoms with E-state index in [1.54, 1.807) is 42.3 Å². The molecule has 1 aromatic heterocycles. The molecule has 0 saturated heterocycles. The summed E-state index contributed by atoms with van der Waals surface area (Å²) in [6.45, 7) is 0. The average Bonchev–Trinajstić information content (AvgIpc) is 3.30. The molecule has 166 valence electrons. The molecule has 4 rings (SSSR count). The number of non-ortho nitro benzene ring substituents is 1. The Balaban J connectivity index is 1.82. The van der Waals surface area contributed by atoms with E-state index in [1.807, 2.05) is 30.3 Å². The molecule has 9 heteroatoms. The minimum absolute atomic E-state index is 0.123. The molecule has 1 amide bonds. The second-order valence-corrected chi connectivity index (χ2v) is 7.00. The molecular weight excluding hydrogens is 424 g/mol. The smallest absolute Gasteiger partial charge is 0.271 e. The van der Waals surface area contributed by atoms with Crippen LogP contribution >= 0.6 is 0 Å². The monoisotopic (exact) mass is 444 g/mol. The van der Waals surface area contributed by atoms with Gasteiger partial charge in [-0.3, -0.25) is 14.9 Å². The van der Waals surface area contributed by atoms with E-state index in [0.717, 1.165) is 5.69 Å². The van der Waals surface area contributed by atoms with Gasteiger partial charge in [-0.05, 0) is 36.4 Å². The lowest BCUT2D eigenvalue weighted by atomic mass is 10.1. The molecule has 0 radical (unpaired) electrons. The topological polar surface area (TPSA) is 109 Å². The lowest BCUT2D eigenvalue weighted by Gasteiger charge is -2.10. The van der Waals surface area contributed by atoms with Crippen LogP contribution in [-0.4, -0.2) is 34.8 Å². The number of hydrogen-bond acceptors (Lipinski definition) is 6. The number of para-hydroxylation sites is 1.